The maximum atomic E-state index is 11.4. The monoisotopic (exact) mass is 296 g/mol. The van der Waals surface area contributed by atoms with Crippen LogP contribution in [0.4, 0.5) is 0 Å². The first kappa shape index (κ1) is 15.4. The Morgan fingerprint density at radius 2 is 1.75 bits per heavy atom. The van der Waals surface area contributed by atoms with Gasteiger partial charge in [-0.25, -0.2) is 0 Å². The zero-order valence-electron chi connectivity index (χ0n) is 9.87. The Hall–Kier alpha value is -0.620. The van der Waals surface area contributed by atoms with Crippen molar-refractivity contribution in [3.8, 4) is 0 Å². The van der Waals surface area contributed by atoms with E-state index in [9.17, 15) is 9.59 Å². The molecular formula is C10H17BrO5. The number of rotatable bonds is 5. The van der Waals surface area contributed by atoms with Crippen molar-refractivity contribution in [1.29, 1.82) is 0 Å². The van der Waals surface area contributed by atoms with E-state index in [1.165, 1.54) is 14.0 Å². The summed E-state index contributed by atoms with van der Waals surface area (Å²) < 4.78 is 8.64. The van der Waals surface area contributed by atoms with Crippen molar-refractivity contribution in [1.82, 2.24) is 0 Å². The van der Waals surface area contributed by atoms with Crippen molar-refractivity contribution >= 4 is 27.9 Å². The largest absolute Gasteiger partial charge is 0.468 e. The van der Waals surface area contributed by atoms with Gasteiger partial charge in [-0.05, 0) is 20.8 Å². The number of carbonyl (C=O) groups excluding carboxylic acids is 2. The predicted octanol–water partition coefficient (Wildman–Crippen LogP) is 0.875. The minimum absolute atomic E-state index is 0.218. The molecule has 0 radical (unpaired) electrons. The van der Waals surface area contributed by atoms with Crippen LogP contribution in [0.25, 0.3) is 0 Å². The van der Waals surface area contributed by atoms with Gasteiger partial charge in [-0.2, -0.15) is 0 Å². The van der Waals surface area contributed by atoms with E-state index in [0.29, 0.717) is 0 Å². The predicted molar refractivity (Wildman–Crippen MR) is 61.2 cm³/mol. The van der Waals surface area contributed by atoms with Gasteiger partial charge in [0, 0.05) is 0 Å². The van der Waals surface area contributed by atoms with Gasteiger partial charge >= 0.3 is 11.9 Å². The average Bonchev–Trinajstić information content (AvgIpc) is 2.22. The standard InChI is InChI=1S/C10H17BrO5/c1-9(2,11)7(13)16-6-10(3,5-12)8(14)15-4/h12H,5-6H2,1-4H3. The third-order valence-electron chi connectivity index (χ3n) is 2.03. The Kier molecular flexibility index (Phi) is 5.41. The van der Waals surface area contributed by atoms with Crippen molar-refractivity contribution in [3.63, 3.8) is 0 Å². The highest BCUT2D eigenvalue weighted by Gasteiger charge is 2.37. The lowest BCUT2D eigenvalue weighted by molar-refractivity contribution is -0.163. The quantitative estimate of drug-likeness (QED) is 0.602. The first-order valence-electron chi connectivity index (χ1n) is 4.73. The Labute approximate surface area is 103 Å². The fraction of sp³-hybridized carbons (Fsp3) is 0.800. The third kappa shape index (κ3) is 4.09. The highest BCUT2D eigenvalue weighted by Crippen LogP contribution is 2.22. The lowest BCUT2D eigenvalue weighted by Gasteiger charge is -2.25. The molecule has 94 valence electrons. The van der Waals surface area contributed by atoms with Crippen LogP contribution in [-0.4, -0.2) is 41.7 Å². The van der Waals surface area contributed by atoms with Gasteiger partial charge in [-0.15, -0.1) is 0 Å². The van der Waals surface area contributed by atoms with E-state index in [4.69, 9.17) is 9.84 Å². The Morgan fingerprint density at radius 3 is 2.06 bits per heavy atom. The molecule has 0 aromatic heterocycles. The number of carbonyl (C=O) groups is 2. The molecule has 5 nitrogen and oxygen atoms in total. The van der Waals surface area contributed by atoms with Crippen LogP contribution in [0.15, 0.2) is 0 Å². The molecule has 1 atom stereocenters. The highest BCUT2D eigenvalue weighted by atomic mass is 79.9. The maximum absolute atomic E-state index is 11.4. The van der Waals surface area contributed by atoms with Crippen LogP contribution in [0.1, 0.15) is 20.8 Å². The van der Waals surface area contributed by atoms with E-state index in [1.54, 1.807) is 13.8 Å². The molecule has 0 aromatic rings. The molecule has 0 heterocycles. The van der Waals surface area contributed by atoms with E-state index in [0.717, 1.165) is 0 Å². The molecule has 0 rings (SSSR count). The third-order valence-corrected chi connectivity index (χ3v) is 2.36. The van der Waals surface area contributed by atoms with Crippen LogP contribution in [0.5, 0.6) is 0 Å². The molecule has 0 aromatic carbocycles. The molecule has 0 fully saturated rings. The zero-order chi connectivity index (χ0) is 13.0. The summed E-state index contributed by atoms with van der Waals surface area (Å²) in [6.07, 6.45) is 0. The smallest absolute Gasteiger partial charge is 0.322 e. The van der Waals surface area contributed by atoms with Crippen LogP contribution in [-0.2, 0) is 19.1 Å². The molecule has 0 saturated heterocycles. The molecule has 0 amide bonds. The maximum Gasteiger partial charge on any atom is 0.322 e. The summed E-state index contributed by atoms with van der Waals surface area (Å²) in [7, 11) is 1.21. The normalized spacial score (nSPS) is 15.1. The second-order valence-electron chi connectivity index (χ2n) is 4.26. The topological polar surface area (TPSA) is 72.8 Å². The van der Waals surface area contributed by atoms with Gasteiger partial charge in [-0.3, -0.25) is 9.59 Å². The van der Waals surface area contributed by atoms with Crippen LogP contribution in [0.2, 0.25) is 0 Å². The summed E-state index contributed by atoms with van der Waals surface area (Å²) in [6, 6.07) is 0. The van der Waals surface area contributed by atoms with Gasteiger partial charge in [0.2, 0.25) is 0 Å². The second-order valence-corrected chi connectivity index (χ2v) is 6.24. The minimum atomic E-state index is -1.22. The molecule has 0 aliphatic heterocycles. The molecular weight excluding hydrogens is 280 g/mol. The number of methoxy groups -OCH3 is 1. The molecule has 6 heteroatoms. The second kappa shape index (κ2) is 5.63. The van der Waals surface area contributed by atoms with Crippen molar-refractivity contribution in [2.45, 2.75) is 25.1 Å². The van der Waals surface area contributed by atoms with Gasteiger partial charge in [-0.1, -0.05) is 15.9 Å². The summed E-state index contributed by atoms with van der Waals surface area (Å²) in [4.78, 5) is 22.8. The fourth-order valence-electron chi connectivity index (χ4n) is 0.812. The fourth-order valence-corrected chi connectivity index (χ4v) is 0.926. The lowest BCUT2D eigenvalue weighted by atomic mass is 9.93. The van der Waals surface area contributed by atoms with Gasteiger partial charge in [0.05, 0.1) is 13.7 Å². The van der Waals surface area contributed by atoms with E-state index < -0.39 is 28.3 Å². The van der Waals surface area contributed by atoms with Gasteiger partial charge in [0.1, 0.15) is 16.3 Å². The van der Waals surface area contributed by atoms with Crippen molar-refractivity contribution in [2.24, 2.45) is 5.41 Å². The highest BCUT2D eigenvalue weighted by molar-refractivity contribution is 9.10. The van der Waals surface area contributed by atoms with Crippen LogP contribution in [0, 0.1) is 5.41 Å². The van der Waals surface area contributed by atoms with Crippen LogP contribution >= 0.6 is 15.9 Å². The molecule has 1 unspecified atom stereocenters. The number of aliphatic hydroxyl groups is 1. The van der Waals surface area contributed by atoms with E-state index in [-0.39, 0.29) is 6.61 Å². The van der Waals surface area contributed by atoms with Gasteiger partial charge in [0.15, 0.2) is 0 Å². The number of hydrogen-bond acceptors (Lipinski definition) is 5. The Balaban J connectivity index is 4.48. The van der Waals surface area contributed by atoms with E-state index in [1.807, 2.05) is 0 Å². The molecule has 1 N–H and O–H groups in total. The van der Waals surface area contributed by atoms with Crippen LogP contribution < -0.4 is 0 Å². The number of aliphatic hydroxyl groups excluding tert-OH is 1. The van der Waals surface area contributed by atoms with Gasteiger partial charge in [0.25, 0.3) is 0 Å². The van der Waals surface area contributed by atoms with Gasteiger partial charge < -0.3 is 14.6 Å². The zero-order valence-corrected chi connectivity index (χ0v) is 11.5. The number of halogens is 1. The molecule has 0 saturated carbocycles. The number of esters is 2. The summed E-state index contributed by atoms with van der Waals surface area (Å²) in [5.74, 6) is -1.12. The molecule has 0 aliphatic rings. The molecule has 0 bridgehead atoms. The van der Waals surface area contributed by atoms with E-state index >= 15 is 0 Å². The first-order valence-corrected chi connectivity index (χ1v) is 5.52. The summed E-state index contributed by atoms with van der Waals surface area (Å²) >= 11 is 3.13. The summed E-state index contributed by atoms with van der Waals surface area (Å²) in [6.45, 7) is 4.06. The molecule has 16 heavy (non-hydrogen) atoms. The number of hydrogen-bond donors (Lipinski definition) is 1. The lowest BCUT2D eigenvalue weighted by Crippen LogP contribution is -2.40. The Morgan fingerprint density at radius 1 is 1.25 bits per heavy atom. The number of alkyl halides is 1. The minimum Gasteiger partial charge on any atom is -0.468 e. The summed E-state index contributed by atoms with van der Waals surface area (Å²) in [5, 5.41) is 9.10. The van der Waals surface area contributed by atoms with Crippen molar-refractivity contribution < 1.29 is 24.2 Å². The SMILES string of the molecule is COC(=O)C(C)(CO)COC(=O)C(C)(C)Br. The Bertz CT molecular complexity index is 271. The number of ether oxygens (including phenoxy) is 2. The summed E-state index contributed by atoms with van der Waals surface area (Å²) in [5.41, 5.74) is -1.22. The van der Waals surface area contributed by atoms with Crippen molar-refractivity contribution in [2.75, 3.05) is 20.3 Å². The van der Waals surface area contributed by atoms with E-state index in [2.05, 4.69) is 20.7 Å². The first-order chi connectivity index (χ1) is 7.17. The average molecular weight is 297 g/mol. The molecule has 0 spiro atoms. The molecule has 0 aliphatic carbocycles. The van der Waals surface area contributed by atoms with Crippen LogP contribution in [0.3, 0.4) is 0 Å². The van der Waals surface area contributed by atoms with Crippen molar-refractivity contribution in [3.05, 3.63) is 0 Å².